The zero-order valence-electron chi connectivity index (χ0n) is 19.1. The van der Waals surface area contributed by atoms with E-state index in [0.29, 0.717) is 28.1 Å². The number of nitro groups is 1. The van der Waals surface area contributed by atoms with E-state index >= 15 is 0 Å². The highest BCUT2D eigenvalue weighted by Crippen LogP contribution is 2.34. The monoisotopic (exact) mass is 513 g/mol. The van der Waals surface area contributed by atoms with E-state index in [0.717, 1.165) is 55.4 Å². The number of non-ortho nitro benzene ring substituents is 1. The van der Waals surface area contributed by atoms with Crippen molar-refractivity contribution in [3.8, 4) is 11.4 Å². The fraction of sp³-hybridized carbons (Fsp3) is 0.292. The predicted molar refractivity (Wildman–Crippen MR) is 137 cm³/mol. The number of halogens is 1. The molecule has 4 rings (SSSR count). The van der Waals surface area contributed by atoms with Gasteiger partial charge in [-0.1, -0.05) is 11.6 Å². The van der Waals surface area contributed by atoms with Gasteiger partial charge in [-0.05, 0) is 74.4 Å². The van der Waals surface area contributed by atoms with Gasteiger partial charge in [-0.2, -0.15) is 0 Å². The Labute approximate surface area is 211 Å². The van der Waals surface area contributed by atoms with Crippen molar-refractivity contribution in [2.75, 3.05) is 18.0 Å². The van der Waals surface area contributed by atoms with Crippen LogP contribution in [-0.2, 0) is 11.3 Å². The molecule has 0 radical (unpaired) electrons. The number of hydrogen-bond acceptors (Lipinski definition) is 7. The molecule has 0 amide bonds. The van der Waals surface area contributed by atoms with E-state index in [1.807, 2.05) is 23.6 Å². The number of hydrogen-bond donors (Lipinski definition) is 1. The Kier molecular flexibility index (Phi) is 7.72. The van der Waals surface area contributed by atoms with E-state index in [2.05, 4.69) is 15.1 Å². The maximum atomic E-state index is 12.2. The van der Waals surface area contributed by atoms with Gasteiger partial charge in [0.2, 0.25) is 0 Å². The van der Waals surface area contributed by atoms with E-state index in [4.69, 9.17) is 11.6 Å². The molecule has 35 heavy (non-hydrogen) atoms. The Morgan fingerprint density at radius 1 is 1.17 bits per heavy atom. The lowest BCUT2D eigenvalue weighted by Gasteiger charge is -2.30. The number of benzene rings is 2. The van der Waals surface area contributed by atoms with Crippen molar-refractivity contribution in [1.29, 1.82) is 0 Å². The van der Waals surface area contributed by atoms with E-state index < -0.39 is 10.9 Å². The maximum Gasteiger partial charge on any atom is 0.342 e. The van der Waals surface area contributed by atoms with Crippen LogP contribution in [0.4, 0.5) is 11.4 Å². The molecule has 182 valence electrons. The van der Waals surface area contributed by atoms with Gasteiger partial charge in [0, 0.05) is 53.6 Å². The van der Waals surface area contributed by atoms with Crippen molar-refractivity contribution in [2.24, 2.45) is 0 Å². The number of nitrogens with zero attached hydrogens (tertiary/aromatic N) is 5. The third-order valence-electron chi connectivity index (χ3n) is 5.75. The summed E-state index contributed by atoms with van der Waals surface area (Å²) in [4.78, 5) is 25.3. The van der Waals surface area contributed by atoms with Crippen molar-refractivity contribution in [2.45, 2.75) is 37.9 Å². The third-order valence-corrected chi connectivity index (χ3v) is 7.00. The van der Waals surface area contributed by atoms with Crippen LogP contribution in [0.3, 0.4) is 0 Å². The molecule has 0 spiro atoms. The topological polar surface area (TPSA) is 114 Å². The highest BCUT2D eigenvalue weighted by atomic mass is 35.5. The van der Waals surface area contributed by atoms with Crippen LogP contribution in [0.15, 0.2) is 52.5 Å². The predicted octanol–water partition coefficient (Wildman–Crippen LogP) is 5.73. The molecule has 11 heteroatoms. The number of carboxylic acid groups (broad SMARTS) is 1. The third kappa shape index (κ3) is 5.66. The summed E-state index contributed by atoms with van der Waals surface area (Å²) in [6.45, 7) is 4.09. The number of aliphatic carboxylic acids is 1. The standard InChI is InChI=1S/C24H24ClN5O4S/c1-2-29-22(16-6-8-18(25)9-7-16)26-27-24(29)35-21(23(31)32)15-17-14-19(30(33)34)10-11-20(17)28-12-4-3-5-13-28/h6-11,14-15H,2-5,12-13H2,1H3,(H,31,32)/b21-15+. The quantitative estimate of drug-likeness (QED) is 0.176. The number of rotatable bonds is 8. The molecule has 1 N–H and O–H groups in total. The minimum atomic E-state index is -1.15. The van der Waals surface area contributed by atoms with Gasteiger partial charge in [0.05, 0.1) is 4.92 Å². The summed E-state index contributed by atoms with van der Waals surface area (Å²) in [5.41, 5.74) is 2.00. The van der Waals surface area contributed by atoms with Gasteiger partial charge in [-0.15, -0.1) is 10.2 Å². The van der Waals surface area contributed by atoms with Crippen LogP contribution in [0, 0.1) is 10.1 Å². The van der Waals surface area contributed by atoms with Crippen LogP contribution in [0.5, 0.6) is 0 Å². The van der Waals surface area contributed by atoms with Crippen molar-refractivity contribution in [3.05, 3.63) is 68.1 Å². The number of piperidine rings is 1. The van der Waals surface area contributed by atoms with Gasteiger partial charge in [-0.25, -0.2) is 4.79 Å². The summed E-state index contributed by atoms with van der Waals surface area (Å²) >= 11 is 6.96. The van der Waals surface area contributed by atoms with Crippen molar-refractivity contribution < 1.29 is 14.8 Å². The lowest BCUT2D eigenvalue weighted by molar-refractivity contribution is -0.384. The fourth-order valence-electron chi connectivity index (χ4n) is 4.03. The first-order valence-corrected chi connectivity index (χ1v) is 12.4. The number of thioether (sulfide) groups is 1. The Morgan fingerprint density at radius 2 is 1.89 bits per heavy atom. The molecule has 0 saturated carbocycles. The highest BCUT2D eigenvalue weighted by molar-refractivity contribution is 8.04. The fourth-order valence-corrected chi connectivity index (χ4v) is 5.03. The van der Waals surface area contributed by atoms with Crippen molar-refractivity contribution in [3.63, 3.8) is 0 Å². The molecule has 0 unspecified atom stereocenters. The van der Waals surface area contributed by atoms with E-state index in [9.17, 15) is 20.0 Å². The molecule has 0 atom stereocenters. The van der Waals surface area contributed by atoms with Crippen LogP contribution < -0.4 is 4.90 Å². The van der Waals surface area contributed by atoms with Crippen LogP contribution in [0.2, 0.25) is 5.02 Å². The highest BCUT2D eigenvalue weighted by Gasteiger charge is 2.21. The van der Waals surface area contributed by atoms with Gasteiger partial charge in [0.25, 0.3) is 5.69 Å². The zero-order chi connectivity index (χ0) is 24.9. The van der Waals surface area contributed by atoms with E-state index in [1.165, 1.54) is 18.2 Å². The molecule has 1 saturated heterocycles. The average molecular weight is 514 g/mol. The van der Waals surface area contributed by atoms with Crippen molar-refractivity contribution >= 4 is 46.8 Å². The van der Waals surface area contributed by atoms with Crippen molar-refractivity contribution in [1.82, 2.24) is 14.8 Å². The smallest absolute Gasteiger partial charge is 0.342 e. The van der Waals surface area contributed by atoms with E-state index in [1.54, 1.807) is 18.2 Å². The minimum Gasteiger partial charge on any atom is -0.477 e. The summed E-state index contributed by atoms with van der Waals surface area (Å²) in [5.74, 6) is -0.550. The van der Waals surface area contributed by atoms with Gasteiger partial charge in [-0.3, -0.25) is 10.1 Å². The van der Waals surface area contributed by atoms with Gasteiger partial charge in [0.1, 0.15) is 4.91 Å². The Balaban J connectivity index is 1.73. The normalized spacial score (nSPS) is 14.2. The SMILES string of the molecule is CCn1c(S/C(=C/c2cc([N+](=O)[O-])ccc2N2CCCCC2)C(=O)O)nnc1-c1ccc(Cl)cc1. The number of carboxylic acids is 1. The molecular formula is C24H24ClN5O4S. The molecule has 0 aliphatic carbocycles. The molecule has 1 aliphatic rings. The molecular weight excluding hydrogens is 490 g/mol. The second-order valence-electron chi connectivity index (χ2n) is 8.02. The average Bonchev–Trinajstić information content (AvgIpc) is 3.27. The summed E-state index contributed by atoms with van der Waals surface area (Å²) < 4.78 is 1.82. The molecule has 1 fully saturated rings. The van der Waals surface area contributed by atoms with Gasteiger partial charge >= 0.3 is 5.97 Å². The lowest BCUT2D eigenvalue weighted by Crippen LogP contribution is -2.29. The molecule has 1 aromatic heterocycles. The van der Waals surface area contributed by atoms with Crippen LogP contribution in [0.1, 0.15) is 31.7 Å². The van der Waals surface area contributed by atoms with Crippen LogP contribution in [-0.4, -0.2) is 43.9 Å². The Hall–Kier alpha value is -3.37. The molecule has 3 aromatic rings. The minimum absolute atomic E-state index is 0.00601. The molecule has 9 nitrogen and oxygen atoms in total. The molecule has 0 bridgehead atoms. The number of carbonyl (C=O) groups is 1. The Morgan fingerprint density at radius 3 is 2.51 bits per heavy atom. The number of aromatic nitrogens is 3. The summed E-state index contributed by atoms with van der Waals surface area (Å²) in [5, 5.41) is 30.9. The zero-order valence-corrected chi connectivity index (χ0v) is 20.6. The van der Waals surface area contributed by atoms with Gasteiger partial charge < -0.3 is 14.6 Å². The second kappa shape index (κ2) is 10.9. The first kappa shape index (κ1) is 24.7. The molecule has 2 aromatic carbocycles. The largest absolute Gasteiger partial charge is 0.477 e. The first-order chi connectivity index (χ1) is 16.9. The lowest BCUT2D eigenvalue weighted by atomic mass is 10.1. The summed E-state index contributed by atoms with van der Waals surface area (Å²) in [6.07, 6.45) is 4.66. The summed E-state index contributed by atoms with van der Waals surface area (Å²) in [6, 6.07) is 11.8. The van der Waals surface area contributed by atoms with Gasteiger partial charge in [0.15, 0.2) is 11.0 Å². The second-order valence-corrected chi connectivity index (χ2v) is 9.47. The van der Waals surface area contributed by atoms with Crippen LogP contribution >= 0.6 is 23.4 Å². The van der Waals surface area contributed by atoms with E-state index in [-0.39, 0.29) is 10.6 Å². The van der Waals surface area contributed by atoms with Crippen LogP contribution in [0.25, 0.3) is 17.5 Å². The number of anilines is 1. The molecule has 1 aliphatic heterocycles. The number of nitro benzene ring substituents is 1. The molecule has 2 heterocycles. The summed E-state index contributed by atoms with van der Waals surface area (Å²) in [7, 11) is 0. The Bertz CT molecular complexity index is 1270. The maximum absolute atomic E-state index is 12.2. The first-order valence-electron chi connectivity index (χ1n) is 11.2.